The largest absolute Gasteiger partial charge is 0.316 e. The molecule has 1 heterocycles. The van der Waals surface area contributed by atoms with Gasteiger partial charge in [0.1, 0.15) is 0 Å². The SMILES string of the molecule is C1CCCC(NCCC2CCNC2)CC1. The van der Waals surface area contributed by atoms with Crippen molar-refractivity contribution in [1.29, 1.82) is 0 Å². The second-order valence-electron chi connectivity index (χ2n) is 5.29. The molecule has 2 N–H and O–H groups in total. The molecule has 2 aliphatic rings. The summed E-state index contributed by atoms with van der Waals surface area (Å²) < 4.78 is 0. The van der Waals surface area contributed by atoms with Gasteiger partial charge in [0, 0.05) is 6.04 Å². The molecule has 1 unspecified atom stereocenters. The Bertz CT molecular complexity index is 156. The van der Waals surface area contributed by atoms with E-state index in [0.717, 1.165) is 12.0 Å². The van der Waals surface area contributed by atoms with Gasteiger partial charge in [0.25, 0.3) is 0 Å². The van der Waals surface area contributed by atoms with E-state index in [1.54, 1.807) is 0 Å². The van der Waals surface area contributed by atoms with Crippen LogP contribution >= 0.6 is 0 Å². The van der Waals surface area contributed by atoms with Crippen molar-refractivity contribution in [3.05, 3.63) is 0 Å². The van der Waals surface area contributed by atoms with E-state index < -0.39 is 0 Å². The van der Waals surface area contributed by atoms with E-state index >= 15 is 0 Å². The number of hydrogen-bond acceptors (Lipinski definition) is 2. The molecule has 0 amide bonds. The summed E-state index contributed by atoms with van der Waals surface area (Å²) in [6, 6.07) is 0.835. The summed E-state index contributed by atoms with van der Waals surface area (Å²) in [6.07, 6.45) is 11.4. The maximum Gasteiger partial charge on any atom is 0.00670 e. The highest BCUT2D eigenvalue weighted by atomic mass is 14.9. The van der Waals surface area contributed by atoms with Crippen molar-refractivity contribution in [2.24, 2.45) is 5.92 Å². The number of nitrogens with one attached hydrogen (secondary N) is 2. The van der Waals surface area contributed by atoms with Crippen molar-refractivity contribution in [2.75, 3.05) is 19.6 Å². The average Bonchev–Trinajstić information content (AvgIpc) is 2.62. The van der Waals surface area contributed by atoms with Gasteiger partial charge in [-0.3, -0.25) is 0 Å². The van der Waals surface area contributed by atoms with Crippen molar-refractivity contribution in [3.63, 3.8) is 0 Å². The van der Waals surface area contributed by atoms with Crippen LogP contribution in [-0.4, -0.2) is 25.7 Å². The Morgan fingerprint density at radius 2 is 1.80 bits per heavy atom. The predicted octanol–water partition coefficient (Wildman–Crippen LogP) is 2.30. The smallest absolute Gasteiger partial charge is 0.00670 e. The molecule has 0 aromatic carbocycles. The minimum Gasteiger partial charge on any atom is -0.316 e. The summed E-state index contributed by atoms with van der Waals surface area (Å²) >= 11 is 0. The molecule has 2 rings (SSSR count). The van der Waals surface area contributed by atoms with Crippen LogP contribution in [-0.2, 0) is 0 Å². The summed E-state index contributed by atoms with van der Waals surface area (Å²) in [6.45, 7) is 3.75. The lowest BCUT2D eigenvalue weighted by atomic mass is 10.0. The van der Waals surface area contributed by atoms with Crippen LogP contribution < -0.4 is 10.6 Å². The normalized spacial score (nSPS) is 29.2. The Balaban J connectivity index is 1.55. The van der Waals surface area contributed by atoms with Crippen LogP contribution in [0.3, 0.4) is 0 Å². The van der Waals surface area contributed by atoms with E-state index in [9.17, 15) is 0 Å². The first-order chi connectivity index (χ1) is 7.45. The van der Waals surface area contributed by atoms with E-state index in [1.807, 2.05) is 0 Å². The molecule has 0 aromatic heterocycles. The van der Waals surface area contributed by atoms with Crippen molar-refractivity contribution < 1.29 is 0 Å². The Labute approximate surface area is 94.2 Å². The van der Waals surface area contributed by atoms with Gasteiger partial charge >= 0.3 is 0 Å². The molecular formula is C13H26N2. The quantitative estimate of drug-likeness (QED) is 0.696. The van der Waals surface area contributed by atoms with Crippen molar-refractivity contribution in [3.8, 4) is 0 Å². The van der Waals surface area contributed by atoms with Gasteiger partial charge in [0.15, 0.2) is 0 Å². The maximum absolute atomic E-state index is 3.76. The third-order valence-electron chi connectivity index (χ3n) is 4.00. The minimum atomic E-state index is 0.835. The molecule has 1 atom stereocenters. The highest BCUT2D eigenvalue weighted by Crippen LogP contribution is 2.17. The highest BCUT2D eigenvalue weighted by molar-refractivity contribution is 4.74. The molecule has 88 valence electrons. The van der Waals surface area contributed by atoms with Crippen molar-refractivity contribution in [1.82, 2.24) is 10.6 Å². The summed E-state index contributed by atoms with van der Waals surface area (Å²) in [5.74, 6) is 0.947. The van der Waals surface area contributed by atoms with Crippen LogP contribution in [0.5, 0.6) is 0 Å². The second-order valence-corrected chi connectivity index (χ2v) is 5.29. The van der Waals surface area contributed by atoms with Crippen LogP contribution in [0, 0.1) is 5.92 Å². The molecule has 15 heavy (non-hydrogen) atoms. The summed E-state index contributed by atoms with van der Waals surface area (Å²) in [5, 5.41) is 7.20. The lowest BCUT2D eigenvalue weighted by molar-refractivity contribution is 0.422. The fourth-order valence-corrected chi connectivity index (χ4v) is 2.94. The van der Waals surface area contributed by atoms with E-state index in [2.05, 4.69) is 10.6 Å². The Kier molecular flexibility index (Phi) is 4.94. The zero-order chi connectivity index (χ0) is 10.3. The van der Waals surface area contributed by atoms with Gasteiger partial charge in [-0.25, -0.2) is 0 Å². The Morgan fingerprint density at radius 3 is 2.47 bits per heavy atom. The van der Waals surface area contributed by atoms with E-state index in [4.69, 9.17) is 0 Å². The van der Waals surface area contributed by atoms with Gasteiger partial charge in [-0.15, -0.1) is 0 Å². The van der Waals surface area contributed by atoms with Crippen molar-refractivity contribution >= 4 is 0 Å². The van der Waals surface area contributed by atoms with Crippen LogP contribution in [0.4, 0.5) is 0 Å². The summed E-state index contributed by atoms with van der Waals surface area (Å²) in [5.41, 5.74) is 0. The lowest BCUT2D eigenvalue weighted by Gasteiger charge is -2.17. The first-order valence-corrected chi connectivity index (χ1v) is 6.89. The fraction of sp³-hybridized carbons (Fsp3) is 1.00. The average molecular weight is 210 g/mol. The highest BCUT2D eigenvalue weighted by Gasteiger charge is 2.15. The fourth-order valence-electron chi connectivity index (χ4n) is 2.94. The lowest BCUT2D eigenvalue weighted by Crippen LogP contribution is -2.30. The Hall–Kier alpha value is -0.0800. The molecule has 1 saturated heterocycles. The third-order valence-corrected chi connectivity index (χ3v) is 4.00. The van der Waals surface area contributed by atoms with Gasteiger partial charge < -0.3 is 10.6 Å². The molecule has 2 heteroatoms. The molecule has 0 spiro atoms. The monoisotopic (exact) mass is 210 g/mol. The first kappa shape index (κ1) is 11.4. The van der Waals surface area contributed by atoms with Gasteiger partial charge in [-0.05, 0) is 51.2 Å². The predicted molar refractivity (Wildman–Crippen MR) is 65.1 cm³/mol. The van der Waals surface area contributed by atoms with Gasteiger partial charge in [-0.1, -0.05) is 25.7 Å². The zero-order valence-electron chi connectivity index (χ0n) is 9.93. The van der Waals surface area contributed by atoms with Crippen LogP contribution in [0.15, 0.2) is 0 Å². The molecule has 0 aromatic rings. The number of rotatable bonds is 4. The molecule has 1 aliphatic carbocycles. The zero-order valence-corrected chi connectivity index (χ0v) is 9.93. The van der Waals surface area contributed by atoms with E-state index in [1.165, 1.54) is 71.0 Å². The van der Waals surface area contributed by atoms with Gasteiger partial charge in [0.05, 0.1) is 0 Å². The van der Waals surface area contributed by atoms with E-state index in [-0.39, 0.29) is 0 Å². The Morgan fingerprint density at radius 1 is 1.00 bits per heavy atom. The second kappa shape index (κ2) is 6.49. The van der Waals surface area contributed by atoms with Crippen LogP contribution in [0.2, 0.25) is 0 Å². The molecule has 1 aliphatic heterocycles. The molecular weight excluding hydrogens is 184 g/mol. The first-order valence-electron chi connectivity index (χ1n) is 6.89. The minimum absolute atomic E-state index is 0.835. The molecule has 2 fully saturated rings. The molecule has 1 saturated carbocycles. The molecule has 2 nitrogen and oxygen atoms in total. The molecule has 0 radical (unpaired) electrons. The number of hydrogen-bond donors (Lipinski definition) is 2. The van der Waals surface area contributed by atoms with Crippen LogP contribution in [0.25, 0.3) is 0 Å². The standard InChI is InChI=1S/C13H26N2/c1-2-4-6-13(5-3-1)15-10-8-12-7-9-14-11-12/h12-15H,1-11H2. The van der Waals surface area contributed by atoms with Gasteiger partial charge in [-0.2, -0.15) is 0 Å². The molecule has 0 bridgehead atoms. The summed E-state index contributed by atoms with van der Waals surface area (Å²) in [4.78, 5) is 0. The summed E-state index contributed by atoms with van der Waals surface area (Å²) in [7, 11) is 0. The van der Waals surface area contributed by atoms with Crippen molar-refractivity contribution in [2.45, 2.75) is 57.4 Å². The maximum atomic E-state index is 3.76. The third kappa shape index (κ3) is 4.12. The topological polar surface area (TPSA) is 24.1 Å². The van der Waals surface area contributed by atoms with Crippen LogP contribution in [0.1, 0.15) is 51.4 Å². The van der Waals surface area contributed by atoms with Gasteiger partial charge in [0.2, 0.25) is 0 Å². The van der Waals surface area contributed by atoms with E-state index in [0.29, 0.717) is 0 Å².